The van der Waals surface area contributed by atoms with Crippen molar-refractivity contribution in [3.8, 4) is 0 Å². The van der Waals surface area contributed by atoms with E-state index >= 15 is 0 Å². The van der Waals surface area contributed by atoms with E-state index in [4.69, 9.17) is 9.52 Å². The van der Waals surface area contributed by atoms with E-state index in [0.717, 1.165) is 0 Å². The quantitative estimate of drug-likeness (QED) is 0.770. The molecule has 0 bridgehead atoms. The molecule has 0 atom stereocenters. The Morgan fingerprint density at radius 3 is 2.60 bits per heavy atom. The molecule has 0 aliphatic carbocycles. The molecular formula is C8H9NO5S. The van der Waals surface area contributed by atoms with E-state index in [1.165, 1.54) is 12.1 Å². The Hall–Kier alpha value is -1.50. The van der Waals surface area contributed by atoms with Gasteiger partial charge in [0.25, 0.3) is 0 Å². The topological polar surface area (TPSA) is 96.6 Å². The second kappa shape index (κ2) is 3.27. The van der Waals surface area contributed by atoms with Crippen LogP contribution in [0, 0.1) is 0 Å². The zero-order valence-electron chi connectivity index (χ0n) is 7.63. The molecule has 1 aromatic heterocycles. The highest BCUT2D eigenvalue weighted by atomic mass is 32.2. The van der Waals surface area contributed by atoms with Gasteiger partial charge in [0.2, 0.25) is 5.76 Å². The molecule has 0 spiro atoms. The summed E-state index contributed by atoms with van der Waals surface area (Å²) >= 11 is 0. The highest BCUT2D eigenvalue weighted by molar-refractivity contribution is 7.92. The summed E-state index contributed by atoms with van der Waals surface area (Å²) in [6.45, 7) is 0. The summed E-state index contributed by atoms with van der Waals surface area (Å²) in [5.74, 6) is -0.900. The number of sulfone groups is 1. The maximum absolute atomic E-state index is 10.8. The van der Waals surface area contributed by atoms with E-state index in [1.54, 1.807) is 0 Å². The number of nitrogens with one attached hydrogen (secondary N) is 1. The third-order valence-electron chi connectivity index (χ3n) is 2.07. The second-order valence-electron chi connectivity index (χ2n) is 3.39. The number of carboxylic acids is 1. The van der Waals surface area contributed by atoms with Crippen molar-refractivity contribution in [2.75, 3.05) is 16.8 Å². The van der Waals surface area contributed by atoms with Gasteiger partial charge in [-0.25, -0.2) is 13.2 Å². The van der Waals surface area contributed by atoms with Gasteiger partial charge in [-0.1, -0.05) is 0 Å². The molecule has 0 amide bonds. The summed E-state index contributed by atoms with van der Waals surface area (Å²) in [5.41, 5.74) is 0. The monoisotopic (exact) mass is 231 g/mol. The third-order valence-corrected chi connectivity index (χ3v) is 3.89. The summed E-state index contributed by atoms with van der Waals surface area (Å²) in [7, 11) is -2.88. The molecular weight excluding hydrogens is 222 g/mol. The SMILES string of the molecule is O=C(O)c1ccc(NC2CS(=O)(=O)C2)o1. The third kappa shape index (κ3) is 2.12. The van der Waals surface area contributed by atoms with Gasteiger partial charge in [-0.05, 0) is 6.07 Å². The number of hydrogen-bond donors (Lipinski definition) is 2. The van der Waals surface area contributed by atoms with Crippen LogP contribution in [0.15, 0.2) is 16.5 Å². The Morgan fingerprint density at radius 1 is 1.47 bits per heavy atom. The molecule has 2 rings (SSSR count). The van der Waals surface area contributed by atoms with E-state index in [-0.39, 0.29) is 29.2 Å². The minimum absolute atomic E-state index is 0.0656. The maximum Gasteiger partial charge on any atom is 0.371 e. The van der Waals surface area contributed by atoms with E-state index in [2.05, 4.69) is 5.32 Å². The number of carbonyl (C=O) groups is 1. The summed E-state index contributed by atoms with van der Waals surface area (Å²) in [5, 5.41) is 11.4. The van der Waals surface area contributed by atoms with Crippen molar-refractivity contribution >= 4 is 21.7 Å². The first kappa shape index (κ1) is 10.0. The highest BCUT2D eigenvalue weighted by Crippen LogP contribution is 2.19. The van der Waals surface area contributed by atoms with Crippen LogP contribution >= 0.6 is 0 Å². The summed E-state index contributed by atoms with van der Waals surface area (Å²) < 4.78 is 26.6. The van der Waals surface area contributed by atoms with Crippen LogP contribution in [0.4, 0.5) is 5.88 Å². The molecule has 0 saturated carbocycles. The zero-order chi connectivity index (χ0) is 11.1. The van der Waals surface area contributed by atoms with Crippen LogP contribution in [0.2, 0.25) is 0 Å². The van der Waals surface area contributed by atoms with Gasteiger partial charge in [0.05, 0.1) is 17.5 Å². The number of hydrogen-bond acceptors (Lipinski definition) is 5. The van der Waals surface area contributed by atoms with Crippen molar-refractivity contribution in [1.82, 2.24) is 0 Å². The average Bonchev–Trinajstić information content (AvgIpc) is 2.49. The molecule has 1 fully saturated rings. The fourth-order valence-corrected chi connectivity index (χ4v) is 2.67. The summed E-state index contributed by atoms with van der Waals surface area (Å²) in [4.78, 5) is 10.5. The molecule has 1 aromatic rings. The van der Waals surface area contributed by atoms with Gasteiger partial charge < -0.3 is 14.8 Å². The highest BCUT2D eigenvalue weighted by Gasteiger charge is 2.33. The maximum atomic E-state index is 10.8. The molecule has 2 N–H and O–H groups in total. The summed E-state index contributed by atoms with van der Waals surface area (Å²) in [6, 6.07) is 2.61. The number of aromatic carboxylic acids is 1. The molecule has 0 aromatic carbocycles. The Kier molecular flexibility index (Phi) is 2.18. The molecule has 7 heteroatoms. The molecule has 82 valence electrons. The summed E-state index contributed by atoms with van der Waals surface area (Å²) in [6.07, 6.45) is 0. The Morgan fingerprint density at radius 2 is 2.13 bits per heavy atom. The molecule has 15 heavy (non-hydrogen) atoms. The lowest BCUT2D eigenvalue weighted by molar-refractivity contribution is 0.0663. The minimum Gasteiger partial charge on any atom is -0.475 e. The van der Waals surface area contributed by atoms with Crippen molar-refractivity contribution in [2.24, 2.45) is 0 Å². The van der Waals surface area contributed by atoms with Crippen LogP contribution in [-0.2, 0) is 9.84 Å². The van der Waals surface area contributed by atoms with Gasteiger partial charge in [-0.2, -0.15) is 0 Å². The van der Waals surface area contributed by atoms with Crippen molar-refractivity contribution in [1.29, 1.82) is 0 Å². The predicted molar refractivity (Wildman–Crippen MR) is 51.7 cm³/mol. The Balaban J connectivity index is 1.98. The van der Waals surface area contributed by atoms with Crippen LogP contribution in [0.1, 0.15) is 10.6 Å². The Labute approximate surface area is 85.8 Å². The lowest BCUT2D eigenvalue weighted by atomic mass is 10.4. The van der Waals surface area contributed by atoms with E-state index < -0.39 is 15.8 Å². The zero-order valence-corrected chi connectivity index (χ0v) is 8.45. The van der Waals surface area contributed by atoms with Crippen molar-refractivity contribution in [3.05, 3.63) is 17.9 Å². The van der Waals surface area contributed by atoms with Crippen LogP contribution in [-0.4, -0.2) is 37.0 Å². The molecule has 6 nitrogen and oxygen atoms in total. The molecule has 1 aliphatic heterocycles. The normalized spacial score (nSPS) is 19.5. The molecule has 0 radical (unpaired) electrons. The van der Waals surface area contributed by atoms with Crippen LogP contribution in [0.5, 0.6) is 0 Å². The molecule has 0 unspecified atom stereocenters. The first-order chi connectivity index (χ1) is 6.96. The van der Waals surface area contributed by atoms with Crippen LogP contribution in [0.25, 0.3) is 0 Å². The molecule has 1 saturated heterocycles. The van der Waals surface area contributed by atoms with E-state index in [1.807, 2.05) is 0 Å². The smallest absolute Gasteiger partial charge is 0.371 e. The van der Waals surface area contributed by atoms with Crippen molar-refractivity contribution in [3.63, 3.8) is 0 Å². The van der Waals surface area contributed by atoms with Gasteiger partial charge in [0, 0.05) is 6.07 Å². The number of carboxylic acid groups (broad SMARTS) is 1. The van der Waals surface area contributed by atoms with Crippen molar-refractivity contribution in [2.45, 2.75) is 6.04 Å². The van der Waals surface area contributed by atoms with E-state index in [9.17, 15) is 13.2 Å². The fraction of sp³-hybridized carbons (Fsp3) is 0.375. The van der Waals surface area contributed by atoms with Crippen LogP contribution < -0.4 is 5.32 Å². The lowest BCUT2D eigenvalue weighted by Crippen LogP contribution is -2.46. The van der Waals surface area contributed by atoms with Gasteiger partial charge in [-0.3, -0.25) is 0 Å². The first-order valence-corrected chi connectivity index (χ1v) is 6.08. The Bertz CT molecular complexity index is 477. The van der Waals surface area contributed by atoms with Crippen molar-refractivity contribution < 1.29 is 22.7 Å². The minimum atomic E-state index is -2.88. The second-order valence-corrected chi connectivity index (χ2v) is 5.54. The van der Waals surface area contributed by atoms with E-state index in [0.29, 0.717) is 0 Å². The van der Waals surface area contributed by atoms with Gasteiger partial charge in [0.1, 0.15) is 0 Å². The number of anilines is 1. The number of rotatable bonds is 3. The van der Waals surface area contributed by atoms with Gasteiger partial charge >= 0.3 is 5.97 Å². The standard InChI is InChI=1S/C8H9NO5S/c10-8(11)6-1-2-7(14-6)9-5-3-15(12,13)4-5/h1-2,5,9H,3-4H2,(H,10,11). The lowest BCUT2D eigenvalue weighted by Gasteiger charge is -2.26. The molecule has 1 aliphatic rings. The first-order valence-electron chi connectivity index (χ1n) is 4.26. The van der Waals surface area contributed by atoms with Gasteiger partial charge in [0.15, 0.2) is 15.7 Å². The van der Waals surface area contributed by atoms with Gasteiger partial charge in [-0.15, -0.1) is 0 Å². The van der Waals surface area contributed by atoms with Crippen LogP contribution in [0.3, 0.4) is 0 Å². The molecule has 2 heterocycles. The fourth-order valence-electron chi connectivity index (χ4n) is 1.38. The predicted octanol–water partition coefficient (Wildman–Crippen LogP) is 0.187. The largest absolute Gasteiger partial charge is 0.475 e. The average molecular weight is 231 g/mol. The number of furan rings is 1.